The van der Waals surface area contributed by atoms with Gasteiger partial charge < -0.3 is 10.1 Å². The second kappa shape index (κ2) is 3.23. The molecule has 0 amide bonds. The van der Waals surface area contributed by atoms with Gasteiger partial charge in [-0.1, -0.05) is 0 Å². The fourth-order valence-electron chi connectivity index (χ4n) is 2.06. The third-order valence-corrected chi connectivity index (χ3v) is 2.82. The van der Waals surface area contributed by atoms with Crippen LogP contribution in [0, 0.1) is 5.92 Å². The molecule has 2 rings (SSSR count). The summed E-state index contributed by atoms with van der Waals surface area (Å²) in [5, 5.41) is 3.25. The van der Waals surface area contributed by atoms with E-state index in [0.717, 1.165) is 13.0 Å². The molecule has 1 saturated carbocycles. The largest absolute Gasteiger partial charge is 0.468 e. The van der Waals surface area contributed by atoms with Crippen molar-refractivity contribution < 1.29 is 9.53 Å². The molecule has 1 saturated heterocycles. The van der Waals surface area contributed by atoms with E-state index in [1.54, 1.807) is 0 Å². The van der Waals surface area contributed by atoms with Gasteiger partial charge in [-0.2, -0.15) is 0 Å². The number of halogens is 1. The zero-order valence-corrected chi connectivity index (χ0v) is 7.95. The van der Waals surface area contributed by atoms with E-state index < -0.39 is 0 Å². The minimum absolute atomic E-state index is 0. The highest BCUT2D eigenvalue weighted by Gasteiger charge is 2.61. The molecular weight excluding hydrogens is 178 g/mol. The topological polar surface area (TPSA) is 38.3 Å². The molecule has 0 aromatic rings. The summed E-state index contributed by atoms with van der Waals surface area (Å²) in [7, 11) is 1.46. The Morgan fingerprint density at radius 3 is 3.00 bits per heavy atom. The lowest BCUT2D eigenvalue weighted by Gasteiger charge is -2.20. The van der Waals surface area contributed by atoms with Crippen LogP contribution < -0.4 is 5.32 Å². The van der Waals surface area contributed by atoms with Gasteiger partial charge in [0, 0.05) is 0 Å². The number of rotatable bonds is 1. The summed E-state index contributed by atoms with van der Waals surface area (Å²) in [4.78, 5) is 11.2. The summed E-state index contributed by atoms with van der Waals surface area (Å²) < 4.78 is 4.73. The third-order valence-electron chi connectivity index (χ3n) is 2.82. The van der Waals surface area contributed by atoms with E-state index in [9.17, 15) is 4.79 Å². The Balaban J connectivity index is 0.000000720. The van der Waals surface area contributed by atoms with E-state index in [1.807, 2.05) is 0 Å². The standard InChI is InChI=1S/C8H13NO2.ClH/c1-11-7(10)8-5-6(8)3-2-4-9-8;/h6,9H,2-5H2,1H3;1H/t6-,8+;/m1./s1. The number of fused-ring (bicyclic) bond motifs is 1. The van der Waals surface area contributed by atoms with Crippen LogP contribution in [0.1, 0.15) is 19.3 Å². The van der Waals surface area contributed by atoms with E-state index in [2.05, 4.69) is 5.32 Å². The lowest BCUT2D eigenvalue weighted by Crippen LogP contribution is -2.44. The molecule has 0 spiro atoms. The average molecular weight is 192 g/mol. The van der Waals surface area contributed by atoms with Gasteiger partial charge in [0.2, 0.25) is 0 Å². The first-order valence-electron chi connectivity index (χ1n) is 4.13. The zero-order chi connectivity index (χ0) is 7.90. The third kappa shape index (κ3) is 1.21. The molecule has 0 aromatic heterocycles. The Hall–Kier alpha value is -0.280. The first-order valence-corrected chi connectivity index (χ1v) is 4.13. The molecule has 0 bridgehead atoms. The Kier molecular flexibility index (Phi) is 2.64. The van der Waals surface area contributed by atoms with E-state index in [1.165, 1.54) is 20.0 Å². The van der Waals surface area contributed by atoms with Crippen molar-refractivity contribution in [3.05, 3.63) is 0 Å². The Morgan fingerprint density at radius 2 is 2.42 bits per heavy atom. The maximum absolute atomic E-state index is 11.2. The summed E-state index contributed by atoms with van der Waals surface area (Å²) in [5.41, 5.74) is -0.257. The fraction of sp³-hybridized carbons (Fsp3) is 0.875. The molecule has 3 nitrogen and oxygen atoms in total. The summed E-state index contributed by atoms with van der Waals surface area (Å²) in [6, 6.07) is 0. The number of nitrogens with one attached hydrogen (secondary N) is 1. The van der Waals surface area contributed by atoms with Crippen molar-refractivity contribution in [2.45, 2.75) is 24.8 Å². The van der Waals surface area contributed by atoms with Gasteiger partial charge in [0.1, 0.15) is 5.54 Å². The molecule has 70 valence electrons. The molecule has 0 unspecified atom stereocenters. The highest BCUT2D eigenvalue weighted by atomic mass is 35.5. The number of carbonyl (C=O) groups excluding carboxylic acids is 1. The Bertz CT molecular complexity index is 197. The second-order valence-corrected chi connectivity index (χ2v) is 3.43. The summed E-state index contributed by atoms with van der Waals surface area (Å²) in [6.07, 6.45) is 3.37. The van der Waals surface area contributed by atoms with Crippen LogP contribution in [0.4, 0.5) is 0 Å². The maximum Gasteiger partial charge on any atom is 0.326 e. The smallest absolute Gasteiger partial charge is 0.326 e. The number of hydrogen-bond donors (Lipinski definition) is 1. The number of ether oxygens (including phenoxy) is 1. The fourth-order valence-corrected chi connectivity index (χ4v) is 2.06. The van der Waals surface area contributed by atoms with Gasteiger partial charge in [-0.3, -0.25) is 4.79 Å². The highest BCUT2D eigenvalue weighted by molar-refractivity contribution is 5.85. The summed E-state index contributed by atoms with van der Waals surface area (Å²) in [6.45, 7) is 0.964. The Morgan fingerprint density at radius 1 is 1.67 bits per heavy atom. The van der Waals surface area contributed by atoms with Crippen molar-refractivity contribution in [3.63, 3.8) is 0 Å². The zero-order valence-electron chi connectivity index (χ0n) is 7.13. The van der Waals surface area contributed by atoms with E-state index in [-0.39, 0.29) is 23.9 Å². The van der Waals surface area contributed by atoms with Crippen LogP contribution >= 0.6 is 12.4 Å². The van der Waals surface area contributed by atoms with E-state index in [4.69, 9.17) is 4.74 Å². The lowest BCUT2D eigenvalue weighted by atomic mass is 10.1. The van der Waals surface area contributed by atoms with Crippen LogP contribution in [0.2, 0.25) is 0 Å². The maximum atomic E-state index is 11.2. The van der Waals surface area contributed by atoms with E-state index in [0.29, 0.717) is 5.92 Å². The first-order chi connectivity index (χ1) is 5.29. The summed E-state index contributed by atoms with van der Waals surface area (Å²) in [5.74, 6) is 0.492. The van der Waals surface area contributed by atoms with Crippen molar-refractivity contribution >= 4 is 18.4 Å². The minimum Gasteiger partial charge on any atom is -0.468 e. The van der Waals surface area contributed by atoms with Gasteiger partial charge in [-0.05, 0) is 31.7 Å². The van der Waals surface area contributed by atoms with Gasteiger partial charge >= 0.3 is 5.97 Å². The van der Waals surface area contributed by atoms with Crippen LogP contribution in [0.5, 0.6) is 0 Å². The quantitative estimate of drug-likeness (QED) is 0.621. The SMILES string of the molecule is COC(=O)[C@]12C[C@H]1CCCN2.Cl. The molecule has 2 aliphatic rings. The first kappa shape index (κ1) is 9.81. The Labute approximate surface area is 78.3 Å². The molecule has 1 N–H and O–H groups in total. The van der Waals surface area contributed by atoms with E-state index >= 15 is 0 Å². The van der Waals surface area contributed by atoms with Crippen LogP contribution in [0.3, 0.4) is 0 Å². The predicted octanol–water partition coefficient (Wildman–Crippen LogP) is 0.723. The number of carbonyl (C=O) groups is 1. The monoisotopic (exact) mass is 191 g/mol. The van der Waals surface area contributed by atoms with Crippen LogP contribution in [0.25, 0.3) is 0 Å². The lowest BCUT2D eigenvalue weighted by molar-refractivity contribution is -0.145. The second-order valence-electron chi connectivity index (χ2n) is 3.43. The minimum atomic E-state index is -0.257. The molecule has 0 radical (unpaired) electrons. The van der Waals surface area contributed by atoms with Crippen molar-refractivity contribution in [1.82, 2.24) is 5.32 Å². The molecule has 1 aliphatic carbocycles. The molecular formula is C8H14ClNO2. The molecule has 12 heavy (non-hydrogen) atoms. The number of methoxy groups -OCH3 is 1. The van der Waals surface area contributed by atoms with Crippen molar-refractivity contribution in [2.24, 2.45) is 5.92 Å². The van der Waals surface area contributed by atoms with Crippen molar-refractivity contribution in [3.8, 4) is 0 Å². The number of piperidine rings is 1. The van der Waals surface area contributed by atoms with Gasteiger partial charge in [0.05, 0.1) is 7.11 Å². The van der Waals surface area contributed by atoms with Crippen molar-refractivity contribution in [1.29, 1.82) is 0 Å². The van der Waals surface area contributed by atoms with Gasteiger partial charge in [0.15, 0.2) is 0 Å². The van der Waals surface area contributed by atoms with Gasteiger partial charge in [-0.15, -0.1) is 12.4 Å². The molecule has 2 atom stereocenters. The van der Waals surface area contributed by atoms with Crippen molar-refractivity contribution in [2.75, 3.05) is 13.7 Å². The van der Waals surface area contributed by atoms with Gasteiger partial charge in [-0.25, -0.2) is 0 Å². The molecule has 0 aromatic carbocycles. The highest BCUT2D eigenvalue weighted by Crippen LogP contribution is 2.49. The average Bonchev–Trinajstić information content (AvgIpc) is 2.78. The molecule has 4 heteroatoms. The predicted molar refractivity (Wildman–Crippen MR) is 47.3 cm³/mol. The van der Waals surface area contributed by atoms with Crippen LogP contribution in [-0.2, 0) is 9.53 Å². The molecule has 2 fully saturated rings. The molecule has 1 heterocycles. The normalized spacial score (nSPS) is 37.6. The number of esters is 1. The van der Waals surface area contributed by atoms with Gasteiger partial charge in [0.25, 0.3) is 0 Å². The summed E-state index contributed by atoms with van der Waals surface area (Å²) >= 11 is 0. The van der Waals surface area contributed by atoms with Crippen LogP contribution in [-0.4, -0.2) is 25.2 Å². The number of hydrogen-bond acceptors (Lipinski definition) is 3. The van der Waals surface area contributed by atoms with Crippen LogP contribution in [0.15, 0.2) is 0 Å². The molecule has 1 aliphatic heterocycles.